The fourth-order valence-corrected chi connectivity index (χ4v) is 4.03. The highest BCUT2D eigenvalue weighted by molar-refractivity contribution is 14.0. The number of nitrogens with zero attached hydrogens (tertiary/aromatic N) is 4. The summed E-state index contributed by atoms with van der Waals surface area (Å²) < 4.78 is 2.06. The van der Waals surface area contributed by atoms with Crippen LogP contribution < -0.4 is 15.5 Å². The number of aliphatic imine (C=N–C) groups is 1. The Hall–Kier alpha value is -1.81. The Morgan fingerprint density at radius 1 is 1.16 bits per heavy atom. The number of hydrogen-bond acceptors (Lipinski definition) is 4. The lowest BCUT2D eigenvalue weighted by Crippen LogP contribution is -2.38. The van der Waals surface area contributed by atoms with Crippen molar-refractivity contribution in [3.8, 4) is 0 Å². The van der Waals surface area contributed by atoms with Gasteiger partial charge in [0.2, 0.25) is 0 Å². The van der Waals surface area contributed by atoms with Crippen molar-refractivity contribution >= 4 is 35.6 Å². The summed E-state index contributed by atoms with van der Waals surface area (Å²) >= 11 is 0. The number of guanidine groups is 1. The molecule has 0 aliphatic carbocycles. The summed E-state index contributed by atoms with van der Waals surface area (Å²) in [6, 6.07) is 10.8. The van der Waals surface area contributed by atoms with E-state index >= 15 is 0 Å². The molecule has 1 aliphatic rings. The average Bonchev–Trinajstić information content (AvgIpc) is 3.12. The lowest BCUT2D eigenvalue weighted by molar-refractivity contribution is 0.203. The van der Waals surface area contributed by atoms with E-state index in [4.69, 9.17) is 4.99 Å². The number of benzene rings is 1. The number of aliphatic hydroxyl groups is 1. The van der Waals surface area contributed by atoms with E-state index < -0.39 is 0 Å². The molecule has 0 unspecified atom stereocenters. The van der Waals surface area contributed by atoms with Crippen LogP contribution in [0.25, 0.3) is 0 Å². The minimum atomic E-state index is 0. The number of nitrogens with one attached hydrogen (secondary N) is 2. The molecular formula is C24H39IN6O. The first-order valence-electron chi connectivity index (χ1n) is 11.6. The maximum atomic E-state index is 9.31. The molecule has 0 spiro atoms. The average molecular weight is 555 g/mol. The first-order valence-corrected chi connectivity index (χ1v) is 11.6. The third kappa shape index (κ3) is 7.95. The van der Waals surface area contributed by atoms with Gasteiger partial charge in [0, 0.05) is 50.7 Å². The molecule has 1 aromatic carbocycles. The largest absolute Gasteiger partial charge is 0.396 e. The summed E-state index contributed by atoms with van der Waals surface area (Å²) in [4.78, 5) is 7.15. The normalized spacial score (nSPS) is 14.9. The van der Waals surface area contributed by atoms with Crippen LogP contribution in [0.5, 0.6) is 0 Å². The molecule has 0 radical (unpaired) electrons. The van der Waals surface area contributed by atoms with Crippen molar-refractivity contribution in [1.29, 1.82) is 0 Å². The zero-order valence-electron chi connectivity index (χ0n) is 19.7. The van der Waals surface area contributed by atoms with Gasteiger partial charge in [-0.15, -0.1) is 24.0 Å². The molecule has 3 rings (SSSR count). The van der Waals surface area contributed by atoms with Gasteiger partial charge >= 0.3 is 0 Å². The van der Waals surface area contributed by atoms with E-state index in [0.29, 0.717) is 19.1 Å². The van der Waals surface area contributed by atoms with Crippen molar-refractivity contribution < 1.29 is 5.11 Å². The van der Waals surface area contributed by atoms with Crippen molar-refractivity contribution in [2.45, 2.75) is 53.1 Å². The highest BCUT2D eigenvalue weighted by Crippen LogP contribution is 2.23. The first-order chi connectivity index (χ1) is 15.1. The maximum Gasteiger partial charge on any atom is 0.191 e. The molecule has 1 saturated heterocycles. The minimum absolute atomic E-state index is 0. The second-order valence-corrected chi connectivity index (χ2v) is 8.41. The molecule has 0 atom stereocenters. The molecule has 0 bridgehead atoms. The van der Waals surface area contributed by atoms with Crippen LogP contribution in [-0.4, -0.2) is 53.6 Å². The van der Waals surface area contributed by atoms with Crippen molar-refractivity contribution in [2.75, 3.05) is 37.7 Å². The molecule has 1 fully saturated rings. The Balaban J connectivity index is 0.00000363. The standard InChI is InChI=1S/C24H38N6O.HI/c1-4-25-24(26-12-5-13-30-20(3)16-19(2)28-30)27-17-21-6-8-23(9-7-21)29-14-10-22(18-31)11-15-29;/h6-9,16,22,31H,4-5,10-15,17-18H2,1-3H3,(H2,25,26,27);1H. The summed E-state index contributed by atoms with van der Waals surface area (Å²) in [5.74, 6) is 1.32. The molecule has 3 N–H and O–H groups in total. The molecular weight excluding hydrogens is 515 g/mol. The number of aliphatic hydroxyl groups excluding tert-OH is 1. The van der Waals surface area contributed by atoms with Crippen molar-refractivity contribution in [3.63, 3.8) is 0 Å². The van der Waals surface area contributed by atoms with Gasteiger partial charge in [0.05, 0.1) is 12.2 Å². The lowest BCUT2D eigenvalue weighted by atomic mass is 9.97. The minimum Gasteiger partial charge on any atom is -0.396 e. The second kappa shape index (κ2) is 13.7. The smallest absolute Gasteiger partial charge is 0.191 e. The van der Waals surface area contributed by atoms with Crippen LogP contribution in [0.1, 0.15) is 43.1 Å². The van der Waals surface area contributed by atoms with Crippen molar-refractivity contribution in [2.24, 2.45) is 10.9 Å². The number of anilines is 1. The number of rotatable bonds is 9. The van der Waals surface area contributed by atoms with Gasteiger partial charge in [0.1, 0.15) is 0 Å². The summed E-state index contributed by atoms with van der Waals surface area (Å²) in [6.45, 7) is 11.8. The molecule has 32 heavy (non-hydrogen) atoms. The quantitative estimate of drug-likeness (QED) is 0.192. The van der Waals surface area contributed by atoms with Gasteiger partial charge in [-0.2, -0.15) is 5.10 Å². The first kappa shape index (κ1) is 26.4. The van der Waals surface area contributed by atoms with E-state index in [0.717, 1.165) is 63.6 Å². The second-order valence-electron chi connectivity index (χ2n) is 8.41. The Kier molecular flexibility index (Phi) is 11.3. The van der Waals surface area contributed by atoms with Crippen LogP contribution in [-0.2, 0) is 13.1 Å². The number of halogens is 1. The van der Waals surface area contributed by atoms with E-state index in [1.54, 1.807) is 0 Å². The number of aryl methyl sites for hydroxylation is 3. The van der Waals surface area contributed by atoms with Crippen LogP contribution in [0.2, 0.25) is 0 Å². The molecule has 178 valence electrons. The van der Waals surface area contributed by atoms with Crippen LogP contribution in [0.15, 0.2) is 35.3 Å². The third-order valence-corrected chi connectivity index (χ3v) is 5.88. The fraction of sp³-hybridized carbons (Fsp3) is 0.583. The fourth-order valence-electron chi connectivity index (χ4n) is 4.03. The Morgan fingerprint density at radius 2 is 1.88 bits per heavy atom. The summed E-state index contributed by atoms with van der Waals surface area (Å²) in [7, 11) is 0. The van der Waals surface area contributed by atoms with Gasteiger partial charge in [-0.3, -0.25) is 4.68 Å². The van der Waals surface area contributed by atoms with E-state index in [9.17, 15) is 5.11 Å². The van der Waals surface area contributed by atoms with Gasteiger partial charge in [-0.1, -0.05) is 12.1 Å². The van der Waals surface area contributed by atoms with Crippen molar-refractivity contribution in [1.82, 2.24) is 20.4 Å². The topological polar surface area (TPSA) is 77.7 Å². The molecule has 0 amide bonds. The van der Waals surface area contributed by atoms with E-state index in [1.165, 1.54) is 16.9 Å². The van der Waals surface area contributed by atoms with Gasteiger partial charge in [0.25, 0.3) is 0 Å². The van der Waals surface area contributed by atoms with Gasteiger partial charge < -0.3 is 20.6 Å². The molecule has 0 saturated carbocycles. The molecule has 7 nitrogen and oxygen atoms in total. The van der Waals surface area contributed by atoms with Gasteiger partial charge in [-0.05, 0) is 69.7 Å². The Bertz CT molecular complexity index is 828. The molecule has 1 aromatic heterocycles. The molecule has 2 aromatic rings. The third-order valence-electron chi connectivity index (χ3n) is 5.88. The summed E-state index contributed by atoms with van der Waals surface area (Å²) in [5.41, 5.74) is 4.74. The Morgan fingerprint density at radius 3 is 2.47 bits per heavy atom. The van der Waals surface area contributed by atoms with Crippen molar-refractivity contribution in [3.05, 3.63) is 47.3 Å². The van der Waals surface area contributed by atoms with Crippen LogP contribution in [0, 0.1) is 19.8 Å². The number of hydrogen-bond donors (Lipinski definition) is 3. The summed E-state index contributed by atoms with van der Waals surface area (Å²) in [6.07, 6.45) is 3.13. The van der Waals surface area contributed by atoms with E-state index in [-0.39, 0.29) is 24.0 Å². The van der Waals surface area contributed by atoms with Crippen LogP contribution in [0.3, 0.4) is 0 Å². The van der Waals surface area contributed by atoms with Gasteiger partial charge in [-0.25, -0.2) is 4.99 Å². The van der Waals surface area contributed by atoms with Crippen LogP contribution >= 0.6 is 24.0 Å². The van der Waals surface area contributed by atoms with E-state index in [2.05, 4.69) is 69.5 Å². The zero-order chi connectivity index (χ0) is 22.1. The highest BCUT2D eigenvalue weighted by Gasteiger charge is 2.18. The van der Waals surface area contributed by atoms with E-state index in [1.807, 2.05) is 6.92 Å². The lowest BCUT2D eigenvalue weighted by Gasteiger charge is -2.32. The number of piperidine rings is 1. The van der Waals surface area contributed by atoms with Crippen LogP contribution in [0.4, 0.5) is 5.69 Å². The predicted molar refractivity (Wildman–Crippen MR) is 143 cm³/mol. The molecule has 8 heteroatoms. The molecule has 2 heterocycles. The number of aromatic nitrogens is 2. The SMILES string of the molecule is CCNC(=NCc1ccc(N2CCC(CO)CC2)cc1)NCCCn1nc(C)cc1C.I. The predicted octanol–water partition coefficient (Wildman–Crippen LogP) is 3.47. The summed E-state index contributed by atoms with van der Waals surface area (Å²) in [5, 5.41) is 20.6. The zero-order valence-corrected chi connectivity index (χ0v) is 22.0. The Labute approximate surface area is 209 Å². The maximum absolute atomic E-state index is 9.31. The highest BCUT2D eigenvalue weighted by atomic mass is 127. The monoisotopic (exact) mass is 554 g/mol. The van der Waals surface area contributed by atoms with Gasteiger partial charge in [0.15, 0.2) is 5.96 Å². The molecule has 1 aliphatic heterocycles.